The Balaban J connectivity index is 1.74. The zero-order valence-corrected chi connectivity index (χ0v) is 15.5. The molecular formula is C20H22F2N4O. The molecule has 0 saturated carbocycles. The van der Waals surface area contributed by atoms with Gasteiger partial charge in [0.25, 0.3) is 5.91 Å². The molecule has 0 bridgehead atoms. The Labute approximate surface area is 156 Å². The first-order valence-corrected chi connectivity index (χ1v) is 8.69. The summed E-state index contributed by atoms with van der Waals surface area (Å²) in [5.41, 5.74) is 2.42. The molecule has 3 rings (SSSR count). The van der Waals surface area contributed by atoms with Gasteiger partial charge in [0, 0.05) is 37.8 Å². The van der Waals surface area contributed by atoms with Crippen LogP contribution in [0.4, 0.5) is 14.5 Å². The number of hydrogen-bond donors (Lipinski definition) is 1. The van der Waals surface area contributed by atoms with Crippen LogP contribution in [-0.2, 0) is 0 Å². The predicted molar refractivity (Wildman–Crippen MR) is 103 cm³/mol. The van der Waals surface area contributed by atoms with Crippen molar-refractivity contribution in [2.24, 2.45) is 0 Å². The molecule has 142 valence electrons. The number of alkyl halides is 2. The second kappa shape index (κ2) is 7.73. The van der Waals surface area contributed by atoms with Crippen LogP contribution in [0.25, 0.3) is 11.0 Å². The molecule has 3 aromatic rings. The Bertz CT molecular complexity index is 935. The van der Waals surface area contributed by atoms with Gasteiger partial charge in [-0.1, -0.05) is 19.1 Å². The summed E-state index contributed by atoms with van der Waals surface area (Å²) in [6.45, 7) is -0.705. The fourth-order valence-electron chi connectivity index (χ4n) is 2.97. The molecule has 0 aliphatic rings. The summed E-state index contributed by atoms with van der Waals surface area (Å²) in [4.78, 5) is 18.6. The Morgan fingerprint density at radius 3 is 2.44 bits per heavy atom. The van der Waals surface area contributed by atoms with Gasteiger partial charge in [-0.15, -0.1) is 0 Å². The molecule has 0 aliphatic carbocycles. The van der Waals surface area contributed by atoms with Crippen LogP contribution in [0.15, 0.2) is 48.5 Å². The smallest absolute Gasteiger partial charge is 0.320 e. The highest BCUT2D eigenvalue weighted by molar-refractivity contribution is 5.94. The minimum absolute atomic E-state index is 0.213. The highest BCUT2D eigenvalue weighted by Crippen LogP contribution is 2.27. The summed E-state index contributed by atoms with van der Waals surface area (Å²) < 4.78 is 28.0. The van der Waals surface area contributed by atoms with Gasteiger partial charge in [0.1, 0.15) is 5.82 Å². The number of anilines is 1. The molecule has 1 heterocycles. The molecule has 0 aliphatic heterocycles. The number of nitrogens with one attached hydrogen (secondary N) is 1. The second-order valence-corrected chi connectivity index (χ2v) is 6.66. The number of carbonyl (C=O) groups excluding carboxylic acids is 1. The molecule has 0 spiro atoms. The van der Waals surface area contributed by atoms with Crippen molar-refractivity contribution < 1.29 is 13.6 Å². The number of carbonyl (C=O) groups is 1. The minimum Gasteiger partial charge on any atom is -0.378 e. The lowest BCUT2D eigenvalue weighted by atomic mass is 10.1. The standard InChI is InChI=1S/C20H22F2N4O/c1-13(12-23-19(27)14-8-10-15(11-9-14)25(2)3)18-24-16-6-4-5-7-17(16)26(18)20(21)22/h4-11,13,20H,12H2,1-3H3,(H,23,27). The summed E-state index contributed by atoms with van der Waals surface area (Å²) in [5.74, 6) is -0.349. The highest BCUT2D eigenvalue weighted by atomic mass is 19.3. The third-order valence-corrected chi connectivity index (χ3v) is 4.47. The summed E-state index contributed by atoms with van der Waals surface area (Å²) in [6.07, 6.45) is 0. The van der Waals surface area contributed by atoms with Crippen molar-refractivity contribution in [3.63, 3.8) is 0 Å². The summed E-state index contributed by atoms with van der Waals surface area (Å²) >= 11 is 0. The van der Waals surface area contributed by atoms with Crippen molar-refractivity contribution in [3.8, 4) is 0 Å². The average molecular weight is 372 g/mol. The summed E-state index contributed by atoms with van der Waals surface area (Å²) in [5, 5.41) is 2.81. The molecule has 1 N–H and O–H groups in total. The zero-order chi connectivity index (χ0) is 19.6. The maximum Gasteiger partial charge on any atom is 0.320 e. The van der Waals surface area contributed by atoms with Gasteiger partial charge in [-0.3, -0.25) is 9.36 Å². The van der Waals surface area contributed by atoms with Crippen LogP contribution in [0.2, 0.25) is 0 Å². The van der Waals surface area contributed by atoms with Crippen molar-refractivity contribution >= 4 is 22.6 Å². The van der Waals surface area contributed by atoms with Crippen LogP contribution in [0.1, 0.15) is 35.6 Å². The molecule has 0 fully saturated rings. The number of nitrogens with zero attached hydrogens (tertiary/aromatic N) is 3. The fraction of sp³-hybridized carbons (Fsp3) is 0.300. The Kier molecular flexibility index (Phi) is 5.39. The first-order chi connectivity index (χ1) is 12.9. The van der Waals surface area contributed by atoms with Crippen molar-refractivity contribution in [1.29, 1.82) is 0 Å². The van der Waals surface area contributed by atoms with Crippen LogP contribution in [-0.4, -0.2) is 36.1 Å². The first-order valence-electron chi connectivity index (χ1n) is 8.69. The van der Waals surface area contributed by atoms with E-state index in [1.807, 2.05) is 31.1 Å². The molecule has 1 unspecified atom stereocenters. The third kappa shape index (κ3) is 3.92. The van der Waals surface area contributed by atoms with Crippen molar-refractivity contribution in [2.45, 2.75) is 19.4 Å². The van der Waals surface area contributed by atoms with Crippen LogP contribution in [0.3, 0.4) is 0 Å². The Morgan fingerprint density at radius 2 is 1.81 bits per heavy atom. The van der Waals surface area contributed by atoms with Gasteiger partial charge in [0.2, 0.25) is 0 Å². The SMILES string of the molecule is CC(CNC(=O)c1ccc(N(C)C)cc1)c1nc2ccccc2n1C(F)F. The van der Waals surface area contributed by atoms with Gasteiger partial charge in [0.05, 0.1) is 11.0 Å². The molecule has 1 aromatic heterocycles. The van der Waals surface area contributed by atoms with E-state index in [0.29, 0.717) is 16.6 Å². The Hall–Kier alpha value is -2.96. The van der Waals surface area contributed by atoms with E-state index in [4.69, 9.17) is 0 Å². The number of para-hydroxylation sites is 2. The van der Waals surface area contributed by atoms with Gasteiger partial charge in [0.15, 0.2) is 0 Å². The van der Waals surface area contributed by atoms with Crippen molar-refractivity contribution in [2.75, 3.05) is 25.5 Å². The lowest BCUT2D eigenvalue weighted by molar-refractivity contribution is 0.0704. The normalized spacial score (nSPS) is 12.4. The average Bonchev–Trinajstić information content (AvgIpc) is 3.05. The first kappa shape index (κ1) is 18.8. The monoisotopic (exact) mass is 372 g/mol. The van der Waals surface area contributed by atoms with Gasteiger partial charge in [-0.25, -0.2) is 4.98 Å². The maximum absolute atomic E-state index is 13.5. The van der Waals surface area contributed by atoms with Crippen molar-refractivity contribution in [1.82, 2.24) is 14.9 Å². The molecule has 1 amide bonds. The molecular weight excluding hydrogens is 350 g/mol. The molecule has 1 atom stereocenters. The summed E-state index contributed by atoms with van der Waals surface area (Å²) in [6, 6.07) is 14.0. The number of imidazole rings is 1. The second-order valence-electron chi connectivity index (χ2n) is 6.66. The van der Waals surface area contributed by atoms with Gasteiger partial charge >= 0.3 is 6.55 Å². The van der Waals surface area contributed by atoms with Gasteiger partial charge in [-0.05, 0) is 36.4 Å². The third-order valence-electron chi connectivity index (χ3n) is 4.47. The lowest BCUT2D eigenvalue weighted by Gasteiger charge is -2.15. The summed E-state index contributed by atoms with van der Waals surface area (Å²) in [7, 11) is 3.84. The Morgan fingerprint density at radius 1 is 1.15 bits per heavy atom. The van der Waals surface area contributed by atoms with Crippen LogP contribution in [0, 0.1) is 0 Å². The van der Waals surface area contributed by atoms with Crippen molar-refractivity contribution in [3.05, 3.63) is 59.9 Å². The van der Waals surface area contributed by atoms with Crippen LogP contribution >= 0.6 is 0 Å². The highest BCUT2D eigenvalue weighted by Gasteiger charge is 2.22. The quantitative estimate of drug-likeness (QED) is 0.711. The molecule has 2 aromatic carbocycles. The molecule has 0 radical (unpaired) electrons. The largest absolute Gasteiger partial charge is 0.378 e. The van der Waals surface area contributed by atoms with Gasteiger partial charge < -0.3 is 10.2 Å². The topological polar surface area (TPSA) is 50.2 Å². The molecule has 5 nitrogen and oxygen atoms in total. The number of benzene rings is 2. The molecule has 7 heteroatoms. The lowest BCUT2D eigenvalue weighted by Crippen LogP contribution is -2.28. The molecule has 27 heavy (non-hydrogen) atoms. The number of halogens is 2. The number of rotatable bonds is 6. The zero-order valence-electron chi connectivity index (χ0n) is 15.5. The fourth-order valence-corrected chi connectivity index (χ4v) is 2.97. The van der Waals surface area contributed by atoms with E-state index in [1.165, 1.54) is 0 Å². The number of hydrogen-bond acceptors (Lipinski definition) is 3. The van der Waals surface area contributed by atoms with E-state index in [0.717, 1.165) is 10.3 Å². The van der Waals surface area contributed by atoms with Crippen LogP contribution < -0.4 is 10.2 Å². The van der Waals surface area contributed by atoms with Gasteiger partial charge in [-0.2, -0.15) is 8.78 Å². The van der Waals surface area contributed by atoms with E-state index >= 15 is 0 Å². The van der Waals surface area contributed by atoms with Crippen LogP contribution in [0.5, 0.6) is 0 Å². The van der Waals surface area contributed by atoms with E-state index in [2.05, 4.69) is 10.3 Å². The number of fused-ring (bicyclic) bond motifs is 1. The van der Waals surface area contributed by atoms with E-state index in [1.54, 1.807) is 43.3 Å². The minimum atomic E-state index is -2.69. The van der Waals surface area contributed by atoms with E-state index in [-0.39, 0.29) is 24.2 Å². The number of aromatic nitrogens is 2. The maximum atomic E-state index is 13.5. The number of amides is 1. The van der Waals surface area contributed by atoms with E-state index in [9.17, 15) is 13.6 Å². The van der Waals surface area contributed by atoms with E-state index < -0.39 is 6.55 Å². The predicted octanol–water partition coefficient (Wildman–Crippen LogP) is 4.03. The molecule has 0 saturated heterocycles.